The molecule has 2 rings (SSSR count). The minimum atomic E-state index is 0.631. The fourth-order valence-electron chi connectivity index (χ4n) is 2.80. The maximum atomic E-state index is 4.08. The second-order valence-corrected chi connectivity index (χ2v) is 5.40. The summed E-state index contributed by atoms with van der Waals surface area (Å²) in [5.41, 5.74) is 0. The Morgan fingerprint density at radius 3 is 3.00 bits per heavy atom. The molecule has 0 amide bonds. The normalized spacial score (nSPS) is 25.4. The van der Waals surface area contributed by atoms with Gasteiger partial charge in [0.1, 0.15) is 0 Å². The van der Waals surface area contributed by atoms with Crippen LogP contribution in [0.4, 0.5) is 0 Å². The average molecular weight is 250 g/mol. The Kier molecular flexibility index (Phi) is 5.20. The molecule has 0 bridgehead atoms. The molecule has 1 aliphatic rings. The molecule has 1 fully saturated rings. The van der Waals surface area contributed by atoms with Gasteiger partial charge in [0.2, 0.25) is 0 Å². The van der Waals surface area contributed by atoms with Gasteiger partial charge in [-0.25, -0.2) is 4.98 Å². The minimum absolute atomic E-state index is 0.631. The molecule has 2 unspecified atom stereocenters. The number of nitrogens with one attached hydrogen (secondary N) is 1. The van der Waals surface area contributed by atoms with Crippen molar-refractivity contribution in [2.24, 2.45) is 0 Å². The van der Waals surface area contributed by atoms with E-state index < -0.39 is 0 Å². The van der Waals surface area contributed by atoms with Gasteiger partial charge < -0.3 is 9.88 Å². The van der Waals surface area contributed by atoms with Crippen molar-refractivity contribution in [1.29, 1.82) is 0 Å². The largest absolute Gasteiger partial charge is 0.337 e. The molecule has 0 aromatic carbocycles. The summed E-state index contributed by atoms with van der Waals surface area (Å²) in [5, 5.41) is 3.59. The van der Waals surface area contributed by atoms with Crippen molar-refractivity contribution in [1.82, 2.24) is 19.8 Å². The molecule has 4 nitrogen and oxygen atoms in total. The molecule has 1 aromatic rings. The quantitative estimate of drug-likeness (QED) is 0.835. The fourth-order valence-corrected chi connectivity index (χ4v) is 2.80. The molecule has 1 N–H and O–H groups in total. The molecule has 0 aliphatic carbocycles. The van der Waals surface area contributed by atoms with Crippen molar-refractivity contribution >= 4 is 0 Å². The van der Waals surface area contributed by atoms with Crippen LogP contribution < -0.4 is 5.32 Å². The van der Waals surface area contributed by atoms with E-state index in [0.29, 0.717) is 6.04 Å². The van der Waals surface area contributed by atoms with Gasteiger partial charge >= 0.3 is 0 Å². The molecule has 0 spiro atoms. The lowest BCUT2D eigenvalue weighted by Crippen LogP contribution is -2.55. The number of hydrogen-bond acceptors (Lipinski definition) is 3. The van der Waals surface area contributed by atoms with E-state index in [-0.39, 0.29) is 0 Å². The number of nitrogens with zero attached hydrogens (tertiary/aromatic N) is 3. The summed E-state index contributed by atoms with van der Waals surface area (Å²) in [7, 11) is 0. The average Bonchev–Trinajstić information content (AvgIpc) is 2.86. The van der Waals surface area contributed by atoms with E-state index in [1.807, 2.05) is 18.7 Å². The zero-order valence-corrected chi connectivity index (χ0v) is 11.7. The van der Waals surface area contributed by atoms with Gasteiger partial charge in [-0.3, -0.25) is 4.90 Å². The highest BCUT2D eigenvalue weighted by Gasteiger charge is 2.24. The second-order valence-electron chi connectivity index (χ2n) is 5.40. The maximum Gasteiger partial charge on any atom is 0.0945 e. The number of aromatic nitrogens is 2. The molecular weight excluding hydrogens is 224 g/mol. The zero-order chi connectivity index (χ0) is 12.8. The number of piperazine rings is 1. The van der Waals surface area contributed by atoms with E-state index in [4.69, 9.17) is 0 Å². The van der Waals surface area contributed by atoms with E-state index in [1.54, 1.807) is 0 Å². The van der Waals surface area contributed by atoms with Crippen molar-refractivity contribution < 1.29 is 0 Å². The predicted molar refractivity (Wildman–Crippen MR) is 74.6 cm³/mol. The molecule has 1 saturated heterocycles. The summed E-state index contributed by atoms with van der Waals surface area (Å²) in [6.45, 7) is 9.19. The number of imidazole rings is 1. The lowest BCUT2D eigenvalue weighted by molar-refractivity contribution is 0.124. The monoisotopic (exact) mass is 250 g/mol. The SMILES string of the molecule is CCCC1CNC(C)CN1CCCn1ccnc1. The first-order chi connectivity index (χ1) is 8.79. The van der Waals surface area contributed by atoms with E-state index in [9.17, 15) is 0 Å². The van der Waals surface area contributed by atoms with Crippen LogP contribution in [0.25, 0.3) is 0 Å². The second kappa shape index (κ2) is 6.90. The minimum Gasteiger partial charge on any atom is -0.337 e. The van der Waals surface area contributed by atoms with Gasteiger partial charge in [-0.05, 0) is 19.8 Å². The van der Waals surface area contributed by atoms with Crippen molar-refractivity contribution in [2.75, 3.05) is 19.6 Å². The summed E-state index contributed by atoms with van der Waals surface area (Å²) in [5.74, 6) is 0. The Labute approximate surface area is 110 Å². The van der Waals surface area contributed by atoms with Crippen LogP contribution in [0.1, 0.15) is 33.1 Å². The van der Waals surface area contributed by atoms with Gasteiger partial charge in [0.05, 0.1) is 6.33 Å². The molecule has 0 saturated carbocycles. The highest BCUT2D eigenvalue weighted by Crippen LogP contribution is 2.12. The van der Waals surface area contributed by atoms with Crippen LogP contribution in [0, 0.1) is 0 Å². The van der Waals surface area contributed by atoms with Crippen LogP contribution in [0.3, 0.4) is 0 Å². The Bertz CT molecular complexity index is 323. The number of hydrogen-bond donors (Lipinski definition) is 1. The summed E-state index contributed by atoms with van der Waals surface area (Å²) in [6, 6.07) is 1.36. The standard InChI is InChI=1S/C14H26N4/c1-3-5-14-10-16-13(2)11-18(14)8-4-7-17-9-6-15-12-17/h6,9,12-14,16H,3-5,7-8,10-11H2,1-2H3. The molecule has 2 atom stereocenters. The summed E-state index contributed by atoms with van der Waals surface area (Å²) < 4.78 is 2.17. The van der Waals surface area contributed by atoms with Crippen LogP contribution in [-0.2, 0) is 6.54 Å². The highest BCUT2D eigenvalue weighted by molar-refractivity contribution is 4.84. The fraction of sp³-hybridized carbons (Fsp3) is 0.786. The van der Waals surface area contributed by atoms with Crippen LogP contribution in [0.5, 0.6) is 0 Å². The third-order valence-electron chi connectivity index (χ3n) is 3.77. The maximum absolute atomic E-state index is 4.08. The van der Waals surface area contributed by atoms with Crippen molar-refractivity contribution in [3.05, 3.63) is 18.7 Å². The van der Waals surface area contributed by atoms with Gasteiger partial charge in [0, 0.05) is 50.7 Å². The Morgan fingerprint density at radius 1 is 1.39 bits per heavy atom. The first kappa shape index (κ1) is 13.6. The van der Waals surface area contributed by atoms with Crippen molar-refractivity contribution in [3.63, 3.8) is 0 Å². The van der Waals surface area contributed by atoms with E-state index in [0.717, 1.165) is 19.1 Å². The molecule has 4 heteroatoms. The summed E-state index contributed by atoms with van der Waals surface area (Å²) in [4.78, 5) is 6.75. The first-order valence-electron chi connectivity index (χ1n) is 7.22. The summed E-state index contributed by atoms with van der Waals surface area (Å²) in [6.07, 6.45) is 9.60. The smallest absolute Gasteiger partial charge is 0.0945 e. The molecule has 2 heterocycles. The van der Waals surface area contributed by atoms with E-state index in [1.165, 1.54) is 32.4 Å². The van der Waals surface area contributed by atoms with Crippen molar-refractivity contribution in [2.45, 2.75) is 51.7 Å². The Morgan fingerprint density at radius 2 is 2.28 bits per heavy atom. The molecular formula is C14H26N4. The van der Waals surface area contributed by atoms with Gasteiger partial charge in [0.25, 0.3) is 0 Å². The predicted octanol–water partition coefficient (Wildman–Crippen LogP) is 1.74. The van der Waals surface area contributed by atoms with Crippen LogP contribution in [-0.4, -0.2) is 46.2 Å². The lowest BCUT2D eigenvalue weighted by atomic mass is 10.1. The van der Waals surface area contributed by atoms with Crippen LogP contribution in [0.15, 0.2) is 18.7 Å². The number of rotatable bonds is 6. The first-order valence-corrected chi connectivity index (χ1v) is 7.22. The third-order valence-corrected chi connectivity index (χ3v) is 3.77. The topological polar surface area (TPSA) is 33.1 Å². The molecule has 0 radical (unpaired) electrons. The van der Waals surface area contributed by atoms with Gasteiger partial charge in [-0.2, -0.15) is 0 Å². The third kappa shape index (κ3) is 3.82. The van der Waals surface area contributed by atoms with Crippen molar-refractivity contribution in [3.8, 4) is 0 Å². The van der Waals surface area contributed by atoms with Crippen LogP contribution in [0.2, 0.25) is 0 Å². The molecule has 18 heavy (non-hydrogen) atoms. The Hall–Kier alpha value is -0.870. The number of aryl methyl sites for hydroxylation is 1. The lowest BCUT2D eigenvalue weighted by Gasteiger charge is -2.39. The highest BCUT2D eigenvalue weighted by atomic mass is 15.2. The molecule has 1 aliphatic heterocycles. The Balaban J connectivity index is 1.77. The molecule has 1 aromatic heterocycles. The summed E-state index contributed by atoms with van der Waals surface area (Å²) >= 11 is 0. The molecule has 102 valence electrons. The van der Waals surface area contributed by atoms with Gasteiger partial charge in [-0.15, -0.1) is 0 Å². The van der Waals surface area contributed by atoms with Gasteiger partial charge in [-0.1, -0.05) is 13.3 Å². The van der Waals surface area contributed by atoms with E-state index in [2.05, 4.69) is 33.6 Å². The van der Waals surface area contributed by atoms with Gasteiger partial charge in [0.15, 0.2) is 0 Å². The van der Waals surface area contributed by atoms with Crippen LogP contribution >= 0.6 is 0 Å². The zero-order valence-electron chi connectivity index (χ0n) is 11.7. The van der Waals surface area contributed by atoms with E-state index >= 15 is 0 Å².